The number of hydrogen-bond acceptors (Lipinski definition) is 2. The highest BCUT2D eigenvalue weighted by Crippen LogP contribution is 2.20. The summed E-state index contributed by atoms with van der Waals surface area (Å²) in [5, 5.41) is 0. The van der Waals surface area contributed by atoms with Gasteiger partial charge in [0.1, 0.15) is 5.75 Å². The third-order valence-corrected chi connectivity index (χ3v) is 3.10. The van der Waals surface area contributed by atoms with Crippen molar-refractivity contribution >= 4 is 6.08 Å². The second kappa shape index (κ2) is 4.99. The molecule has 92 valence electrons. The number of rotatable bonds is 1. The summed E-state index contributed by atoms with van der Waals surface area (Å²) >= 11 is 0. The number of hydrogen-bond donors (Lipinski definition) is 0. The number of nitrogens with zero attached hydrogens (tertiary/aromatic N) is 1. The molecule has 1 aromatic carbocycles. The van der Waals surface area contributed by atoms with Gasteiger partial charge in [0.15, 0.2) is 0 Å². The van der Waals surface area contributed by atoms with Crippen LogP contribution < -0.4 is 4.74 Å². The van der Waals surface area contributed by atoms with Gasteiger partial charge in [-0.2, -0.15) is 0 Å². The first kappa shape index (κ1) is 11.6. The van der Waals surface area contributed by atoms with E-state index >= 15 is 0 Å². The lowest BCUT2D eigenvalue weighted by Crippen LogP contribution is -1.90. The van der Waals surface area contributed by atoms with Gasteiger partial charge in [-0.1, -0.05) is 24.0 Å². The summed E-state index contributed by atoms with van der Waals surface area (Å²) in [4.78, 5) is 4.35. The third kappa shape index (κ3) is 2.36. The van der Waals surface area contributed by atoms with Crippen LogP contribution in [0.2, 0.25) is 0 Å². The zero-order valence-electron chi connectivity index (χ0n) is 10.7. The molecule has 0 aliphatic heterocycles. The Hall–Kier alpha value is -2.53. The van der Waals surface area contributed by atoms with Crippen molar-refractivity contribution in [2.24, 2.45) is 0 Å². The lowest BCUT2D eigenvalue weighted by atomic mass is 10.1. The SMILES string of the molecule is COc1ccc(C#Cc2ccnc3c2C=CC3)cc1. The highest BCUT2D eigenvalue weighted by Gasteiger charge is 2.08. The predicted molar refractivity (Wildman–Crippen MR) is 75.9 cm³/mol. The number of ether oxygens (including phenoxy) is 1. The fourth-order valence-electron chi connectivity index (χ4n) is 2.08. The second-order valence-corrected chi connectivity index (χ2v) is 4.30. The van der Waals surface area contributed by atoms with Gasteiger partial charge in [-0.3, -0.25) is 4.98 Å². The van der Waals surface area contributed by atoms with E-state index in [4.69, 9.17) is 4.74 Å². The summed E-state index contributed by atoms with van der Waals surface area (Å²) in [6.45, 7) is 0. The molecule has 1 aliphatic rings. The zero-order valence-corrected chi connectivity index (χ0v) is 10.7. The summed E-state index contributed by atoms with van der Waals surface area (Å²) < 4.78 is 5.13. The summed E-state index contributed by atoms with van der Waals surface area (Å²) in [7, 11) is 1.66. The zero-order chi connectivity index (χ0) is 13.1. The van der Waals surface area contributed by atoms with Gasteiger partial charge in [0.2, 0.25) is 0 Å². The molecule has 2 aromatic rings. The quantitative estimate of drug-likeness (QED) is 0.722. The lowest BCUT2D eigenvalue weighted by Gasteiger charge is -2.00. The van der Waals surface area contributed by atoms with Crippen molar-refractivity contribution in [3.63, 3.8) is 0 Å². The first-order valence-corrected chi connectivity index (χ1v) is 6.17. The first-order valence-electron chi connectivity index (χ1n) is 6.17. The molecular formula is C17H13NO. The van der Waals surface area contributed by atoms with Crippen LogP contribution in [0.15, 0.2) is 42.6 Å². The number of allylic oxidation sites excluding steroid dienone is 1. The number of aromatic nitrogens is 1. The van der Waals surface area contributed by atoms with Crippen LogP contribution in [0.5, 0.6) is 5.75 Å². The number of pyridine rings is 1. The van der Waals surface area contributed by atoms with Crippen LogP contribution in [-0.4, -0.2) is 12.1 Å². The van der Waals surface area contributed by atoms with E-state index in [-0.39, 0.29) is 0 Å². The smallest absolute Gasteiger partial charge is 0.118 e. The van der Waals surface area contributed by atoms with Crippen LogP contribution in [0.25, 0.3) is 6.08 Å². The average molecular weight is 247 g/mol. The molecule has 0 spiro atoms. The molecule has 0 N–H and O–H groups in total. The topological polar surface area (TPSA) is 22.1 Å². The Bertz CT molecular complexity index is 687. The van der Waals surface area contributed by atoms with Crippen molar-refractivity contribution in [1.82, 2.24) is 4.98 Å². The molecule has 0 amide bonds. The second-order valence-electron chi connectivity index (χ2n) is 4.30. The molecule has 19 heavy (non-hydrogen) atoms. The molecule has 1 heterocycles. The van der Waals surface area contributed by atoms with E-state index in [0.29, 0.717) is 0 Å². The normalized spacial score (nSPS) is 11.6. The summed E-state index contributed by atoms with van der Waals surface area (Å²) in [5.41, 5.74) is 4.29. The maximum atomic E-state index is 5.13. The number of benzene rings is 1. The summed E-state index contributed by atoms with van der Waals surface area (Å²) in [6.07, 6.45) is 6.95. The molecule has 1 aliphatic carbocycles. The maximum Gasteiger partial charge on any atom is 0.118 e. The highest BCUT2D eigenvalue weighted by molar-refractivity contribution is 5.65. The van der Waals surface area contributed by atoms with Gasteiger partial charge < -0.3 is 4.74 Å². The number of fused-ring (bicyclic) bond motifs is 1. The van der Waals surface area contributed by atoms with E-state index < -0.39 is 0 Å². The van der Waals surface area contributed by atoms with Gasteiger partial charge in [0.25, 0.3) is 0 Å². The van der Waals surface area contributed by atoms with E-state index in [1.165, 1.54) is 0 Å². The molecule has 0 atom stereocenters. The summed E-state index contributed by atoms with van der Waals surface area (Å²) in [5.74, 6) is 7.24. The minimum atomic E-state index is 0.846. The molecule has 0 saturated carbocycles. The minimum absolute atomic E-state index is 0.846. The largest absolute Gasteiger partial charge is 0.497 e. The van der Waals surface area contributed by atoms with Crippen molar-refractivity contribution in [3.05, 3.63) is 65.0 Å². The average Bonchev–Trinajstić information content (AvgIpc) is 2.94. The molecular weight excluding hydrogens is 234 g/mol. The van der Waals surface area contributed by atoms with Crippen molar-refractivity contribution in [2.75, 3.05) is 7.11 Å². The van der Waals surface area contributed by atoms with Crippen LogP contribution in [0.3, 0.4) is 0 Å². The molecule has 0 bridgehead atoms. The van der Waals surface area contributed by atoms with E-state index in [0.717, 1.165) is 34.6 Å². The van der Waals surface area contributed by atoms with E-state index in [2.05, 4.69) is 29.0 Å². The number of methoxy groups -OCH3 is 1. The van der Waals surface area contributed by atoms with E-state index in [9.17, 15) is 0 Å². The predicted octanol–water partition coefficient (Wildman–Crippen LogP) is 3.06. The molecule has 2 heteroatoms. The molecule has 0 unspecified atom stereocenters. The maximum absolute atomic E-state index is 5.13. The Morgan fingerprint density at radius 2 is 1.95 bits per heavy atom. The molecule has 2 nitrogen and oxygen atoms in total. The minimum Gasteiger partial charge on any atom is -0.497 e. The van der Waals surface area contributed by atoms with Gasteiger partial charge in [-0.25, -0.2) is 0 Å². The Labute approximate surface area is 112 Å². The Morgan fingerprint density at radius 3 is 2.74 bits per heavy atom. The van der Waals surface area contributed by atoms with Crippen LogP contribution in [0, 0.1) is 11.8 Å². The summed E-state index contributed by atoms with van der Waals surface area (Å²) in [6, 6.07) is 9.72. The molecule has 3 rings (SSSR count). The molecule has 0 fully saturated rings. The lowest BCUT2D eigenvalue weighted by molar-refractivity contribution is 0.415. The van der Waals surface area contributed by atoms with Gasteiger partial charge in [-0.15, -0.1) is 0 Å². The van der Waals surface area contributed by atoms with Crippen molar-refractivity contribution < 1.29 is 4.74 Å². The highest BCUT2D eigenvalue weighted by atomic mass is 16.5. The first-order chi connectivity index (χ1) is 9.36. The van der Waals surface area contributed by atoms with Crippen molar-refractivity contribution in [3.8, 4) is 17.6 Å². The molecule has 1 aromatic heterocycles. The molecule has 0 radical (unpaired) electrons. The molecule has 0 saturated heterocycles. The van der Waals surface area contributed by atoms with E-state index in [1.807, 2.05) is 36.5 Å². The standard InChI is InChI=1S/C17H13NO/c1-19-15-9-6-13(7-10-15)5-8-14-11-12-18-17-4-2-3-16(14)17/h2-3,6-7,9-12H,4H2,1H3. The Balaban J connectivity index is 1.91. The Kier molecular flexibility index (Phi) is 3.04. The van der Waals surface area contributed by atoms with Gasteiger partial charge in [0.05, 0.1) is 12.8 Å². The van der Waals surface area contributed by atoms with Crippen LogP contribution >= 0.6 is 0 Å². The monoisotopic (exact) mass is 247 g/mol. The Morgan fingerprint density at radius 1 is 1.11 bits per heavy atom. The van der Waals surface area contributed by atoms with Crippen molar-refractivity contribution in [1.29, 1.82) is 0 Å². The fourth-order valence-corrected chi connectivity index (χ4v) is 2.08. The fraction of sp³-hybridized carbons (Fsp3) is 0.118. The van der Waals surface area contributed by atoms with Gasteiger partial charge in [-0.05, 0) is 30.3 Å². The van der Waals surface area contributed by atoms with Gasteiger partial charge >= 0.3 is 0 Å². The van der Waals surface area contributed by atoms with Crippen molar-refractivity contribution in [2.45, 2.75) is 6.42 Å². The van der Waals surface area contributed by atoms with Gasteiger partial charge in [0, 0.05) is 29.3 Å². The van der Waals surface area contributed by atoms with Crippen LogP contribution in [0.1, 0.15) is 22.4 Å². The van der Waals surface area contributed by atoms with Crippen LogP contribution in [0.4, 0.5) is 0 Å². The van der Waals surface area contributed by atoms with E-state index in [1.54, 1.807) is 7.11 Å². The third-order valence-electron chi connectivity index (χ3n) is 3.10. The van der Waals surface area contributed by atoms with Crippen LogP contribution in [-0.2, 0) is 6.42 Å².